The van der Waals surface area contributed by atoms with Crippen molar-refractivity contribution < 1.29 is 9.50 Å². The molecule has 0 bridgehead atoms. The van der Waals surface area contributed by atoms with Gasteiger partial charge >= 0.3 is 0 Å². The van der Waals surface area contributed by atoms with Crippen LogP contribution < -0.4 is 0 Å². The van der Waals surface area contributed by atoms with Crippen molar-refractivity contribution in [3.05, 3.63) is 60.2 Å². The van der Waals surface area contributed by atoms with Crippen LogP contribution in [0.1, 0.15) is 5.69 Å². The van der Waals surface area contributed by atoms with Crippen molar-refractivity contribution in [2.75, 3.05) is 5.75 Å². The Morgan fingerprint density at radius 2 is 1.94 bits per heavy atom. The van der Waals surface area contributed by atoms with Crippen molar-refractivity contribution in [3.8, 4) is 0 Å². The molecule has 1 N–H and O–H groups in total. The summed E-state index contributed by atoms with van der Waals surface area (Å²) in [5.74, 6) is 0.213. The van der Waals surface area contributed by atoms with E-state index >= 15 is 0 Å². The van der Waals surface area contributed by atoms with Crippen molar-refractivity contribution in [2.24, 2.45) is 0 Å². The van der Waals surface area contributed by atoms with E-state index in [2.05, 4.69) is 4.98 Å². The Balaban J connectivity index is 1.86. The number of nitrogens with zero attached hydrogens (tertiary/aromatic N) is 1. The van der Waals surface area contributed by atoms with Gasteiger partial charge in [0, 0.05) is 29.0 Å². The number of rotatable bonds is 5. The maximum Gasteiger partial charge on any atom is 0.136 e. The van der Waals surface area contributed by atoms with E-state index in [0.717, 1.165) is 5.69 Å². The molecule has 0 saturated heterocycles. The minimum Gasteiger partial charge on any atom is -0.392 e. The molecule has 2 rings (SSSR count). The highest BCUT2D eigenvalue weighted by Gasteiger charge is 2.09. The highest BCUT2D eigenvalue weighted by Crippen LogP contribution is 2.22. The first-order valence-electron chi connectivity index (χ1n) is 5.71. The van der Waals surface area contributed by atoms with Crippen LogP contribution in [0.5, 0.6) is 0 Å². The van der Waals surface area contributed by atoms with E-state index < -0.39 is 6.10 Å². The van der Waals surface area contributed by atoms with Crippen molar-refractivity contribution in [1.29, 1.82) is 0 Å². The van der Waals surface area contributed by atoms with E-state index in [4.69, 9.17) is 0 Å². The summed E-state index contributed by atoms with van der Waals surface area (Å²) in [6.45, 7) is 0. The summed E-state index contributed by atoms with van der Waals surface area (Å²) in [5.41, 5.74) is 0.846. The van der Waals surface area contributed by atoms with Crippen LogP contribution in [0.2, 0.25) is 0 Å². The van der Waals surface area contributed by atoms with Crippen LogP contribution in [-0.4, -0.2) is 21.9 Å². The zero-order valence-corrected chi connectivity index (χ0v) is 10.6. The third kappa shape index (κ3) is 3.82. The Labute approximate surface area is 110 Å². The lowest BCUT2D eigenvalue weighted by molar-refractivity contribution is 0.199. The normalized spacial score (nSPS) is 12.3. The fourth-order valence-corrected chi connectivity index (χ4v) is 2.44. The Kier molecular flexibility index (Phi) is 4.73. The molecule has 1 heterocycles. The second-order valence-electron chi connectivity index (χ2n) is 3.92. The van der Waals surface area contributed by atoms with Crippen molar-refractivity contribution in [1.82, 2.24) is 4.98 Å². The van der Waals surface area contributed by atoms with Crippen LogP contribution >= 0.6 is 11.8 Å². The number of benzene rings is 1. The van der Waals surface area contributed by atoms with Gasteiger partial charge < -0.3 is 5.11 Å². The first kappa shape index (κ1) is 13.1. The van der Waals surface area contributed by atoms with Crippen LogP contribution in [0.4, 0.5) is 4.39 Å². The third-order valence-electron chi connectivity index (χ3n) is 2.44. The number of aliphatic hydroxyl groups is 1. The molecular formula is C14H14FNOS. The van der Waals surface area contributed by atoms with Crippen LogP contribution in [0.3, 0.4) is 0 Å². The fourth-order valence-electron chi connectivity index (χ4n) is 1.57. The second kappa shape index (κ2) is 6.52. The highest BCUT2D eigenvalue weighted by atomic mass is 32.2. The van der Waals surface area contributed by atoms with Gasteiger partial charge in [0.05, 0.1) is 6.10 Å². The van der Waals surface area contributed by atoms with Crippen molar-refractivity contribution in [2.45, 2.75) is 17.4 Å². The number of pyridine rings is 1. The zero-order valence-electron chi connectivity index (χ0n) is 9.79. The standard InChI is InChI=1S/C14H14FNOS/c15-13-6-1-2-7-14(13)18-10-12(17)9-11-5-3-4-8-16-11/h1-8,12,17H,9-10H2. The maximum absolute atomic E-state index is 13.4. The summed E-state index contributed by atoms with van der Waals surface area (Å²) >= 11 is 1.32. The molecule has 0 spiro atoms. The Bertz CT molecular complexity index is 492. The summed E-state index contributed by atoms with van der Waals surface area (Å²) < 4.78 is 13.4. The quantitative estimate of drug-likeness (QED) is 0.842. The number of halogens is 1. The zero-order chi connectivity index (χ0) is 12.8. The monoisotopic (exact) mass is 263 g/mol. The number of thioether (sulfide) groups is 1. The average Bonchev–Trinajstić information content (AvgIpc) is 2.39. The highest BCUT2D eigenvalue weighted by molar-refractivity contribution is 7.99. The van der Waals surface area contributed by atoms with Gasteiger partial charge in [0.2, 0.25) is 0 Å². The molecule has 0 amide bonds. The van der Waals surface area contributed by atoms with E-state index in [1.54, 1.807) is 24.4 Å². The number of aromatic nitrogens is 1. The summed E-state index contributed by atoms with van der Waals surface area (Å²) in [5, 5.41) is 9.87. The van der Waals surface area contributed by atoms with Crippen LogP contribution in [-0.2, 0) is 6.42 Å². The van der Waals surface area contributed by atoms with Gasteiger partial charge in [-0.3, -0.25) is 4.98 Å². The van der Waals surface area contributed by atoms with Crippen LogP contribution in [0.25, 0.3) is 0 Å². The molecule has 2 nitrogen and oxygen atoms in total. The fraction of sp³-hybridized carbons (Fsp3) is 0.214. The molecule has 1 atom stereocenters. The average molecular weight is 263 g/mol. The molecule has 0 radical (unpaired) electrons. The predicted octanol–water partition coefficient (Wildman–Crippen LogP) is 2.92. The molecule has 0 aliphatic heterocycles. The third-order valence-corrected chi connectivity index (χ3v) is 3.63. The van der Waals surface area contributed by atoms with E-state index in [1.165, 1.54) is 17.8 Å². The molecule has 1 aromatic heterocycles. The van der Waals surface area contributed by atoms with E-state index in [-0.39, 0.29) is 5.82 Å². The SMILES string of the molecule is OC(CSc1ccccc1F)Cc1ccccn1. The predicted molar refractivity (Wildman–Crippen MR) is 71.1 cm³/mol. The van der Waals surface area contributed by atoms with Crippen molar-refractivity contribution in [3.63, 3.8) is 0 Å². The Hall–Kier alpha value is -1.39. The molecule has 94 valence electrons. The summed E-state index contributed by atoms with van der Waals surface area (Å²) in [7, 11) is 0. The van der Waals surface area contributed by atoms with Gasteiger partial charge in [0.25, 0.3) is 0 Å². The summed E-state index contributed by atoms with van der Waals surface area (Å²) in [6, 6.07) is 12.2. The molecule has 1 unspecified atom stereocenters. The lowest BCUT2D eigenvalue weighted by atomic mass is 10.2. The summed E-state index contributed by atoms with van der Waals surface area (Å²) in [6.07, 6.45) is 1.67. The van der Waals surface area contributed by atoms with Gasteiger partial charge in [-0.05, 0) is 24.3 Å². The number of aliphatic hydroxyl groups excluding tert-OH is 1. The number of hydrogen-bond acceptors (Lipinski definition) is 3. The second-order valence-corrected chi connectivity index (χ2v) is 4.98. The molecule has 0 aliphatic rings. The smallest absolute Gasteiger partial charge is 0.136 e. The maximum atomic E-state index is 13.4. The van der Waals surface area contributed by atoms with Gasteiger partial charge in [-0.1, -0.05) is 18.2 Å². The molecule has 0 aliphatic carbocycles. The van der Waals surface area contributed by atoms with Gasteiger partial charge in [-0.25, -0.2) is 4.39 Å². The van der Waals surface area contributed by atoms with Gasteiger partial charge in [-0.2, -0.15) is 0 Å². The van der Waals surface area contributed by atoms with E-state index in [9.17, 15) is 9.50 Å². The number of hydrogen-bond donors (Lipinski definition) is 1. The van der Waals surface area contributed by atoms with E-state index in [0.29, 0.717) is 17.1 Å². The van der Waals surface area contributed by atoms with E-state index in [1.807, 2.05) is 18.2 Å². The first-order chi connectivity index (χ1) is 8.75. The Morgan fingerprint density at radius 3 is 2.67 bits per heavy atom. The molecule has 2 aromatic rings. The molecule has 18 heavy (non-hydrogen) atoms. The molecular weight excluding hydrogens is 249 g/mol. The van der Waals surface area contributed by atoms with Gasteiger partial charge in [0.1, 0.15) is 5.82 Å². The molecule has 1 aromatic carbocycles. The molecule has 4 heteroatoms. The summed E-state index contributed by atoms with van der Waals surface area (Å²) in [4.78, 5) is 4.72. The molecule has 0 saturated carbocycles. The minimum atomic E-state index is -0.524. The Morgan fingerprint density at radius 1 is 1.17 bits per heavy atom. The van der Waals surface area contributed by atoms with Crippen LogP contribution in [0, 0.1) is 5.82 Å². The van der Waals surface area contributed by atoms with Crippen LogP contribution in [0.15, 0.2) is 53.6 Å². The largest absolute Gasteiger partial charge is 0.392 e. The van der Waals surface area contributed by atoms with Gasteiger partial charge in [0.15, 0.2) is 0 Å². The topological polar surface area (TPSA) is 33.1 Å². The molecule has 0 fully saturated rings. The van der Waals surface area contributed by atoms with Gasteiger partial charge in [-0.15, -0.1) is 11.8 Å². The van der Waals surface area contributed by atoms with Crippen molar-refractivity contribution >= 4 is 11.8 Å². The minimum absolute atomic E-state index is 0.243. The first-order valence-corrected chi connectivity index (χ1v) is 6.69. The lowest BCUT2D eigenvalue weighted by Gasteiger charge is -2.10. The lowest BCUT2D eigenvalue weighted by Crippen LogP contribution is -2.14.